The van der Waals surface area contributed by atoms with Crippen LogP contribution in [0.25, 0.3) is 0 Å². The molecular weight excluding hydrogens is 270 g/mol. The number of rotatable bonds is 3. The number of carbonyl (C=O) groups excluding carboxylic acids is 1. The molecular formula is C15H19N3O3. The normalized spacial score (nSPS) is 21.5. The molecule has 0 aromatic heterocycles. The summed E-state index contributed by atoms with van der Waals surface area (Å²) in [7, 11) is 0. The minimum atomic E-state index is -0.818. The summed E-state index contributed by atoms with van der Waals surface area (Å²) in [6.07, 6.45) is 1.31. The maximum Gasteiger partial charge on any atom is 0.317 e. The van der Waals surface area contributed by atoms with Crippen molar-refractivity contribution >= 4 is 17.6 Å². The van der Waals surface area contributed by atoms with Crippen molar-refractivity contribution in [1.29, 1.82) is 0 Å². The molecule has 2 aliphatic heterocycles. The van der Waals surface area contributed by atoms with Gasteiger partial charge in [-0.1, -0.05) is 18.2 Å². The number of aliphatic carboxylic acids is 1. The molecule has 2 saturated heterocycles. The first-order chi connectivity index (χ1) is 10.1. The molecule has 6 nitrogen and oxygen atoms in total. The smallest absolute Gasteiger partial charge is 0.317 e. The number of amides is 1. The molecule has 112 valence electrons. The van der Waals surface area contributed by atoms with Gasteiger partial charge in [0.15, 0.2) is 0 Å². The van der Waals surface area contributed by atoms with Gasteiger partial charge in [0.2, 0.25) is 5.91 Å². The highest BCUT2D eigenvalue weighted by Gasteiger charge is 2.50. The second-order valence-corrected chi connectivity index (χ2v) is 5.63. The summed E-state index contributed by atoms with van der Waals surface area (Å²) in [5.41, 5.74) is 0.499. The van der Waals surface area contributed by atoms with E-state index < -0.39 is 11.5 Å². The Morgan fingerprint density at radius 2 is 1.90 bits per heavy atom. The third kappa shape index (κ3) is 2.47. The van der Waals surface area contributed by atoms with Crippen molar-refractivity contribution in [3.63, 3.8) is 0 Å². The zero-order valence-corrected chi connectivity index (χ0v) is 11.8. The van der Waals surface area contributed by atoms with E-state index in [1.807, 2.05) is 35.2 Å². The van der Waals surface area contributed by atoms with Crippen LogP contribution in [0.3, 0.4) is 0 Å². The largest absolute Gasteiger partial charge is 0.480 e. The Morgan fingerprint density at radius 3 is 2.52 bits per heavy atom. The highest BCUT2D eigenvalue weighted by molar-refractivity contribution is 5.93. The molecule has 21 heavy (non-hydrogen) atoms. The van der Waals surface area contributed by atoms with Crippen molar-refractivity contribution in [2.75, 3.05) is 31.2 Å². The molecule has 1 aromatic carbocycles. The molecule has 6 heteroatoms. The Morgan fingerprint density at radius 1 is 1.24 bits per heavy atom. The van der Waals surface area contributed by atoms with Crippen molar-refractivity contribution in [3.8, 4) is 0 Å². The van der Waals surface area contributed by atoms with Gasteiger partial charge in [-0.05, 0) is 25.0 Å². The van der Waals surface area contributed by atoms with Gasteiger partial charge in [-0.3, -0.25) is 14.5 Å². The summed E-state index contributed by atoms with van der Waals surface area (Å²) in [6.45, 7) is 1.82. The van der Waals surface area contributed by atoms with E-state index in [9.17, 15) is 9.59 Å². The maximum atomic E-state index is 12.4. The van der Waals surface area contributed by atoms with Crippen LogP contribution in [0.15, 0.2) is 30.3 Å². The Balaban J connectivity index is 1.79. The molecule has 2 aliphatic rings. The lowest BCUT2D eigenvalue weighted by molar-refractivity contribution is -0.138. The average molecular weight is 289 g/mol. The zero-order valence-electron chi connectivity index (χ0n) is 11.8. The van der Waals surface area contributed by atoms with Crippen LogP contribution in [0.4, 0.5) is 5.69 Å². The van der Waals surface area contributed by atoms with Gasteiger partial charge in [-0.2, -0.15) is 0 Å². The molecule has 0 aliphatic carbocycles. The Kier molecular flexibility index (Phi) is 3.55. The van der Waals surface area contributed by atoms with Crippen LogP contribution in [0, 0.1) is 0 Å². The predicted molar refractivity (Wildman–Crippen MR) is 78.0 cm³/mol. The standard InChI is InChI=1S/C15H19N3O3/c19-13(20)10-17-8-6-15(7-9-17)14(21)16-11-18(15)12-4-2-1-3-5-12/h1-5H,6-11H2,(H,16,21)(H,19,20). The minimum Gasteiger partial charge on any atom is -0.480 e. The molecule has 2 N–H and O–H groups in total. The molecule has 1 amide bonds. The molecule has 2 heterocycles. The quantitative estimate of drug-likeness (QED) is 0.848. The summed E-state index contributed by atoms with van der Waals surface area (Å²) in [5.74, 6) is -0.761. The van der Waals surface area contributed by atoms with Crippen LogP contribution in [0.2, 0.25) is 0 Å². The monoisotopic (exact) mass is 289 g/mol. The lowest BCUT2D eigenvalue weighted by Gasteiger charge is -2.43. The summed E-state index contributed by atoms with van der Waals surface area (Å²) >= 11 is 0. The van der Waals surface area contributed by atoms with Crippen LogP contribution < -0.4 is 10.2 Å². The van der Waals surface area contributed by atoms with Gasteiger partial charge >= 0.3 is 5.97 Å². The van der Waals surface area contributed by atoms with E-state index >= 15 is 0 Å². The van der Waals surface area contributed by atoms with Gasteiger partial charge in [-0.15, -0.1) is 0 Å². The number of benzene rings is 1. The van der Waals surface area contributed by atoms with Gasteiger partial charge < -0.3 is 15.3 Å². The fourth-order valence-electron chi connectivity index (χ4n) is 3.30. The number of piperidine rings is 1. The number of hydrogen-bond acceptors (Lipinski definition) is 4. The second kappa shape index (κ2) is 5.37. The second-order valence-electron chi connectivity index (χ2n) is 5.63. The first-order valence-electron chi connectivity index (χ1n) is 7.17. The molecule has 0 atom stereocenters. The Bertz CT molecular complexity index is 538. The number of para-hydroxylation sites is 1. The van der Waals surface area contributed by atoms with Gasteiger partial charge in [0.05, 0.1) is 13.2 Å². The van der Waals surface area contributed by atoms with Crippen molar-refractivity contribution in [1.82, 2.24) is 10.2 Å². The van der Waals surface area contributed by atoms with Crippen molar-refractivity contribution in [2.24, 2.45) is 0 Å². The highest BCUT2D eigenvalue weighted by Crippen LogP contribution is 2.35. The molecule has 1 aromatic rings. The number of carboxylic acids is 1. The molecule has 2 fully saturated rings. The topological polar surface area (TPSA) is 72.9 Å². The molecule has 0 unspecified atom stereocenters. The fraction of sp³-hybridized carbons (Fsp3) is 0.467. The number of hydrogen-bond donors (Lipinski definition) is 2. The molecule has 0 saturated carbocycles. The predicted octanol–water partition coefficient (Wildman–Crippen LogP) is 0.500. The lowest BCUT2D eigenvalue weighted by Crippen LogP contribution is -2.56. The third-order valence-corrected chi connectivity index (χ3v) is 4.45. The third-order valence-electron chi connectivity index (χ3n) is 4.45. The molecule has 1 spiro atoms. The number of anilines is 1. The summed E-state index contributed by atoms with van der Waals surface area (Å²) < 4.78 is 0. The van der Waals surface area contributed by atoms with Crippen LogP contribution in [-0.2, 0) is 9.59 Å². The number of carbonyl (C=O) groups is 2. The van der Waals surface area contributed by atoms with Crippen LogP contribution in [0.5, 0.6) is 0 Å². The van der Waals surface area contributed by atoms with Crippen molar-refractivity contribution < 1.29 is 14.7 Å². The molecule has 3 rings (SSSR count). The van der Waals surface area contributed by atoms with E-state index in [1.165, 1.54) is 0 Å². The van der Waals surface area contributed by atoms with E-state index in [4.69, 9.17) is 5.11 Å². The average Bonchev–Trinajstić information content (AvgIpc) is 2.79. The summed E-state index contributed by atoms with van der Waals surface area (Å²) in [6, 6.07) is 9.89. The SMILES string of the molecule is O=C(O)CN1CCC2(CC1)C(=O)NCN2c1ccccc1. The number of carboxylic acid groups (broad SMARTS) is 1. The van der Waals surface area contributed by atoms with E-state index in [0.29, 0.717) is 32.6 Å². The first-order valence-corrected chi connectivity index (χ1v) is 7.17. The van der Waals surface area contributed by atoms with E-state index in [-0.39, 0.29) is 12.5 Å². The number of nitrogens with zero attached hydrogens (tertiary/aromatic N) is 2. The maximum absolute atomic E-state index is 12.4. The zero-order chi connectivity index (χ0) is 14.9. The highest BCUT2D eigenvalue weighted by atomic mass is 16.4. The van der Waals surface area contributed by atoms with Gasteiger partial charge in [0.1, 0.15) is 5.54 Å². The van der Waals surface area contributed by atoms with Crippen LogP contribution in [-0.4, -0.2) is 53.7 Å². The molecule has 0 bridgehead atoms. The lowest BCUT2D eigenvalue weighted by atomic mass is 9.85. The van der Waals surface area contributed by atoms with Crippen molar-refractivity contribution in [3.05, 3.63) is 30.3 Å². The summed E-state index contributed by atoms with van der Waals surface area (Å²) in [4.78, 5) is 27.2. The van der Waals surface area contributed by atoms with E-state index in [1.54, 1.807) is 0 Å². The first kappa shape index (κ1) is 13.9. The van der Waals surface area contributed by atoms with Crippen LogP contribution >= 0.6 is 0 Å². The van der Waals surface area contributed by atoms with E-state index in [2.05, 4.69) is 10.2 Å². The summed E-state index contributed by atoms with van der Waals surface area (Å²) in [5, 5.41) is 11.8. The molecule has 0 radical (unpaired) electrons. The van der Waals surface area contributed by atoms with Gasteiger partial charge in [0.25, 0.3) is 0 Å². The van der Waals surface area contributed by atoms with Crippen molar-refractivity contribution in [2.45, 2.75) is 18.4 Å². The minimum absolute atomic E-state index is 0.0447. The number of likely N-dealkylation sites (tertiary alicyclic amines) is 1. The Labute approximate surface area is 123 Å². The van der Waals surface area contributed by atoms with E-state index in [0.717, 1.165) is 5.69 Å². The van der Waals surface area contributed by atoms with Gasteiger partial charge in [0, 0.05) is 18.8 Å². The fourth-order valence-corrected chi connectivity index (χ4v) is 3.30. The van der Waals surface area contributed by atoms with Gasteiger partial charge in [-0.25, -0.2) is 0 Å². The Hall–Kier alpha value is -2.08. The number of nitrogens with one attached hydrogen (secondary N) is 1. The van der Waals surface area contributed by atoms with Crippen LogP contribution in [0.1, 0.15) is 12.8 Å².